The fourth-order valence-electron chi connectivity index (χ4n) is 0. The zero-order valence-electron chi connectivity index (χ0n) is 3.34. The molecule has 3 nitrogen and oxygen atoms in total. The van der Waals surface area contributed by atoms with Crippen molar-refractivity contribution < 1.29 is 118 Å². The molecule has 0 heterocycles. The minimum absolute atomic E-state index is 0. The van der Waals surface area contributed by atoms with Gasteiger partial charge >= 0.3 is 34.7 Å². The second-order valence-electron chi connectivity index (χ2n) is 0. The van der Waals surface area contributed by atoms with Crippen LogP contribution >= 0.6 is 0 Å². The molecule has 0 aromatic heterocycles. The molecule has 0 amide bonds. The van der Waals surface area contributed by atoms with Crippen LogP contribution in [0.5, 0.6) is 0 Å². The van der Waals surface area contributed by atoms with Gasteiger partial charge in [0.2, 0.25) is 0 Å². The third-order valence-corrected chi connectivity index (χ3v) is 0. The quantitative estimate of drug-likeness (QED) is 0.508. The molecule has 0 aromatic rings. The normalized spacial score (nSPS) is 0. The summed E-state index contributed by atoms with van der Waals surface area (Å²) in [5.74, 6) is 0. The van der Waals surface area contributed by atoms with Crippen molar-refractivity contribution >= 4 is 0 Å². The molecule has 0 spiro atoms. The van der Waals surface area contributed by atoms with Crippen LogP contribution in [0.15, 0.2) is 0 Å². The summed E-state index contributed by atoms with van der Waals surface area (Å²) in [6.45, 7) is 0. The topological polar surface area (TPSA) is 85.5 Å². The molecular weight excluding hydrogens is 387 g/mol. The van der Waals surface area contributed by atoms with Crippen LogP contribution in [0, 0.1) is 0 Å². The SMILES string of the molecule is [Co].[Co].[Cr+3].[Cr+3].[Ni].[Ni].[O-2].[O-2].[O-2]. The first-order chi connectivity index (χ1) is 0. The zero-order valence-corrected chi connectivity index (χ0v) is 9.95. The van der Waals surface area contributed by atoms with Gasteiger partial charge in [0.25, 0.3) is 0 Å². The Labute approximate surface area is 116 Å². The average molecular weight is 387 g/mol. The van der Waals surface area contributed by atoms with Gasteiger partial charge in [-0.15, -0.1) is 0 Å². The molecule has 0 saturated heterocycles. The van der Waals surface area contributed by atoms with Crippen molar-refractivity contribution in [3.05, 3.63) is 0 Å². The molecule has 0 bridgehead atoms. The van der Waals surface area contributed by atoms with Gasteiger partial charge in [-0.25, -0.2) is 0 Å². The van der Waals surface area contributed by atoms with Gasteiger partial charge in [0.15, 0.2) is 0 Å². The Kier molecular flexibility index (Phi) is 2290. The standard InChI is InChI=1S/2Co.2Cr.2Ni.3O/q;;2*+3;;;3*-2. The van der Waals surface area contributed by atoms with Gasteiger partial charge in [-0.05, 0) is 0 Å². The van der Waals surface area contributed by atoms with E-state index in [-0.39, 0.29) is 118 Å². The van der Waals surface area contributed by atoms with Crippen LogP contribution in [-0.4, -0.2) is 0 Å². The number of hydrogen-bond acceptors (Lipinski definition) is 0. The van der Waals surface area contributed by atoms with Crippen molar-refractivity contribution in [1.29, 1.82) is 0 Å². The van der Waals surface area contributed by atoms with Crippen LogP contribution in [0.25, 0.3) is 0 Å². The molecule has 0 saturated carbocycles. The van der Waals surface area contributed by atoms with Gasteiger partial charge in [-0.1, -0.05) is 0 Å². The van der Waals surface area contributed by atoms with Crippen molar-refractivity contribution in [2.24, 2.45) is 0 Å². The molecule has 0 aliphatic rings. The molecule has 0 N–H and O–H groups in total. The van der Waals surface area contributed by atoms with E-state index in [9.17, 15) is 0 Å². The fraction of sp³-hybridized carbons (Fsp3) is 0. The first-order valence-electron chi connectivity index (χ1n) is 0. The van der Waals surface area contributed by atoms with E-state index in [4.69, 9.17) is 0 Å². The summed E-state index contributed by atoms with van der Waals surface area (Å²) in [5, 5.41) is 0. The summed E-state index contributed by atoms with van der Waals surface area (Å²) >= 11 is 0. The van der Waals surface area contributed by atoms with Gasteiger partial charge in [0.05, 0.1) is 0 Å². The minimum Gasteiger partial charge on any atom is -2.00 e. The Morgan fingerprint density at radius 2 is 0.444 bits per heavy atom. The predicted octanol–water partition coefficient (Wildman–Crippen LogP) is -0.371. The third kappa shape index (κ3) is 101. The van der Waals surface area contributed by atoms with Crippen molar-refractivity contribution in [1.82, 2.24) is 0 Å². The minimum atomic E-state index is 0. The van der Waals surface area contributed by atoms with E-state index in [1.54, 1.807) is 0 Å². The Morgan fingerprint density at radius 1 is 0.444 bits per heavy atom. The molecule has 0 aromatic carbocycles. The van der Waals surface area contributed by atoms with E-state index in [2.05, 4.69) is 0 Å². The van der Waals surface area contributed by atoms with E-state index in [0.29, 0.717) is 0 Å². The maximum atomic E-state index is 0. The second-order valence-corrected chi connectivity index (χ2v) is 0. The summed E-state index contributed by atoms with van der Waals surface area (Å²) in [6.07, 6.45) is 0. The van der Waals surface area contributed by atoms with E-state index in [1.165, 1.54) is 0 Å². The molecular formula is Co2Cr2Ni2O3. The fourth-order valence-corrected chi connectivity index (χ4v) is 0. The molecule has 9 heavy (non-hydrogen) atoms. The molecule has 68 valence electrons. The summed E-state index contributed by atoms with van der Waals surface area (Å²) < 4.78 is 0. The monoisotopic (exact) mass is 386 g/mol. The summed E-state index contributed by atoms with van der Waals surface area (Å²) in [5.41, 5.74) is 0. The van der Waals surface area contributed by atoms with Crippen LogP contribution in [0.1, 0.15) is 0 Å². The number of rotatable bonds is 0. The zero-order chi connectivity index (χ0) is 0. The van der Waals surface area contributed by atoms with Gasteiger partial charge < -0.3 is 16.4 Å². The molecule has 0 aliphatic carbocycles. The predicted molar refractivity (Wildman–Crippen MR) is 2.06 cm³/mol. The van der Waals surface area contributed by atoms with E-state index < -0.39 is 0 Å². The van der Waals surface area contributed by atoms with Crippen molar-refractivity contribution in [3.8, 4) is 0 Å². The Balaban J connectivity index is 0. The summed E-state index contributed by atoms with van der Waals surface area (Å²) in [7, 11) is 0. The molecule has 0 aliphatic heterocycles. The average Bonchev–Trinajstić information content (AvgIpc) is 0. The van der Waals surface area contributed by atoms with Gasteiger partial charge in [0, 0.05) is 66.5 Å². The molecule has 0 unspecified atom stereocenters. The molecule has 9 heteroatoms. The largest absolute Gasteiger partial charge is 3.00 e. The van der Waals surface area contributed by atoms with E-state index in [0.717, 1.165) is 0 Å². The molecule has 0 atom stereocenters. The van der Waals surface area contributed by atoms with Gasteiger partial charge in [-0.2, -0.15) is 0 Å². The molecule has 0 fully saturated rings. The maximum absolute atomic E-state index is 0. The maximum Gasteiger partial charge on any atom is 3.00 e. The van der Waals surface area contributed by atoms with Crippen LogP contribution in [0.4, 0.5) is 0 Å². The van der Waals surface area contributed by atoms with Crippen LogP contribution in [0.3, 0.4) is 0 Å². The summed E-state index contributed by atoms with van der Waals surface area (Å²) in [4.78, 5) is 0. The van der Waals surface area contributed by atoms with Crippen LogP contribution < -0.4 is 0 Å². The molecule has 4 radical (unpaired) electrons. The van der Waals surface area contributed by atoms with E-state index >= 15 is 0 Å². The first-order valence-corrected chi connectivity index (χ1v) is 0. The Morgan fingerprint density at radius 3 is 0.444 bits per heavy atom. The van der Waals surface area contributed by atoms with Crippen LogP contribution in [-0.2, 0) is 118 Å². The Hall–Kier alpha value is 2.94. The third-order valence-electron chi connectivity index (χ3n) is 0. The summed E-state index contributed by atoms with van der Waals surface area (Å²) in [6, 6.07) is 0. The first kappa shape index (κ1) is 165. The van der Waals surface area contributed by atoms with Crippen molar-refractivity contribution in [2.45, 2.75) is 0 Å². The Bertz CT molecular complexity index is 17.8. The van der Waals surface area contributed by atoms with E-state index in [1.807, 2.05) is 0 Å². The van der Waals surface area contributed by atoms with Crippen LogP contribution in [0.2, 0.25) is 0 Å². The van der Waals surface area contributed by atoms with Gasteiger partial charge in [-0.3, -0.25) is 0 Å². The van der Waals surface area contributed by atoms with Gasteiger partial charge in [0.1, 0.15) is 0 Å². The number of hydrogen-bond donors (Lipinski definition) is 0. The smallest absolute Gasteiger partial charge is 2.00 e. The van der Waals surface area contributed by atoms with Crippen molar-refractivity contribution in [3.63, 3.8) is 0 Å². The second kappa shape index (κ2) is 125. The van der Waals surface area contributed by atoms with Crippen molar-refractivity contribution in [2.75, 3.05) is 0 Å². The molecule has 0 rings (SSSR count).